The summed E-state index contributed by atoms with van der Waals surface area (Å²) in [6, 6.07) is 61.7. The van der Waals surface area contributed by atoms with E-state index in [-0.39, 0.29) is 49.4 Å². The molecular weight excluding hydrogens is 1230 g/mol. The first-order valence-corrected chi connectivity index (χ1v) is 28.2. The van der Waals surface area contributed by atoms with Crippen molar-refractivity contribution >= 4 is 44.6 Å². The van der Waals surface area contributed by atoms with Gasteiger partial charge in [0.25, 0.3) is 0 Å². The maximum atomic E-state index is 15.5. The van der Waals surface area contributed by atoms with Gasteiger partial charge in [-0.15, -0.1) is 53.6 Å². The second-order valence-corrected chi connectivity index (χ2v) is 24.3. The molecule has 84 heavy (non-hydrogen) atoms. The number of benzene rings is 9. The van der Waals surface area contributed by atoms with Crippen LogP contribution in [0.3, 0.4) is 0 Å². The number of rotatable bonds is 11. The van der Waals surface area contributed by atoms with Gasteiger partial charge in [-0.2, -0.15) is 6.07 Å². The molecule has 0 aliphatic carbocycles. The van der Waals surface area contributed by atoms with Crippen LogP contribution < -0.4 is 14.5 Å². The largest absolute Gasteiger partial charge is 0.509 e. The predicted molar refractivity (Wildman–Crippen MR) is 331 cm³/mol. The molecule has 1 aliphatic heterocycles. The molecule has 2 aromatic heterocycles. The first-order valence-electron chi connectivity index (χ1n) is 28.2. The minimum Gasteiger partial charge on any atom is -0.509 e. The molecular formula is C74H63F4N4OPt-3. The molecule has 0 fully saturated rings. The molecule has 1 aliphatic rings. The Hall–Kier alpha value is -8.26. The van der Waals surface area contributed by atoms with E-state index in [0.29, 0.717) is 39.7 Å². The van der Waals surface area contributed by atoms with E-state index < -0.39 is 28.7 Å². The van der Waals surface area contributed by atoms with Crippen LogP contribution in [0.15, 0.2) is 182 Å². The Kier molecular flexibility index (Phi) is 15.3. The molecule has 5 nitrogen and oxygen atoms in total. The van der Waals surface area contributed by atoms with Crippen molar-refractivity contribution in [1.82, 2.24) is 9.55 Å². The number of hydrogen-bond acceptors (Lipinski definition) is 4. The summed E-state index contributed by atoms with van der Waals surface area (Å²) < 4.78 is 71.4. The third-order valence-electron chi connectivity index (χ3n) is 15.7. The molecule has 0 bridgehead atoms. The van der Waals surface area contributed by atoms with E-state index in [1.54, 1.807) is 0 Å². The fraction of sp³-hybridized carbons (Fsp3) is 0.189. The number of nitrogens with zero attached hydrogens (tertiary/aromatic N) is 4. The van der Waals surface area contributed by atoms with Gasteiger partial charge >= 0.3 is 0 Å². The normalized spacial score (nSPS) is 12.7. The van der Waals surface area contributed by atoms with Gasteiger partial charge in [0, 0.05) is 84.6 Å². The molecule has 3 heterocycles. The fourth-order valence-electron chi connectivity index (χ4n) is 11.6. The van der Waals surface area contributed by atoms with Crippen LogP contribution in [0.5, 0.6) is 11.5 Å². The monoisotopic (exact) mass is 1290 g/mol. The SMILES string of the molecule is CC(C)c1cc(-c2ccccc2)cc(C(C)C)c1-c1cc(Oc2[c-]c3c(cc2)c2ccccc2n3-c2cc(C(C)(C)C)ccn2)[c-]c(N2[CH-]N(c3c(-c4cc(F)cc(F)c4)cc(C(C)(C)C)cc3-c3cc(F)cc(F)c3)c3ccccc32)c1.[Pt]. The number of ether oxygens (including phenoxy) is 1. The summed E-state index contributed by atoms with van der Waals surface area (Å²) in [6.45, 7) is 23.5. The van der Waals surface area contributed by atoms with Gasteiger partial charge in [0.1, 0.15) is 29.1 Å². The first-order chi connectivity index (χ1) is 39.7. The average Bonchev–Trinajstić information content (AvgIpc) is 2.43. The molecule has 0 spiro atoms. The quantitative estimate of drug-likeness (QED) is 0.0955. The summed E-state index contributed by atoms with van der Waals surface area (Å²) in [5, 5.41) is 2.05. The molecule has 9 aromatic carbocycles. The van der Waals surface area contributed by atoms with Crippen LogP contribution in [0.25, 0.3) is 72.1 Å². The van der Waals surface area contributed by atoms with E-state index in [4.69, 9.17) is 9.72 Å². The summed E-state index contributed by atoms with van der Waals surface area (Å²) in [5.74, 6) is -1.19. The van der Waals surface area contributed by atoms with Crippen LogP contribution in [0.4, 0.5) is 40.3 Å². The summed E-state index contributed by atoms with van der Waals surface area (Å²) in [7, 11) is 0. The molecule has 0 saturated heterocycles. The average molecular weight is 1300 g/mol. The van der Waals surface area contributed by atoms with Crippen LogP contribution in [0.1, 0.15) is 103 Å². The summed E-state index contributed by atoms with van der Waals surface area (Å²) >= 11 is 0. The van der Waals surface area contributed by atoms with Crippen molar-refractivity contribution in [2.45, 2.75) is 91.9 Å². The Balaban J connectivity index is 0.00000736. The van der Waals surface area contributed by atoms with Crippen LogP contribution in [-0.2, 0) is 31.9 Å². The van der Waals surface area contributed by atoms with E-state index >= 15 is 17.6 Å². The van der Waals surface area contributed by atoms with Crippen LogP contribution >= 0.6 is 0 Å². The Morgan fingerprint density at radius 1 is 0.488 bits per heavy atom. The number of fused-ring (bicyclic) bond motifs is 4. The number of pyridine rings is 1. The van der Waals surface area contributed by atoms with Gasteiger partial charge in [0.15, 0.2) is 0 Å². The maximum Gasteiger partial charge on any atom is 0.135 e. The zero-order valence-electron chi connectivity index (χ0n) is 48.6. The van der Waals surface area contributed by atoms with Crippen LogP contribution in [0.2, 0.25) is 0 Å². The molecule has 10 heteroatoms. The predicted octanol–water partition coefficient (Wildman–Crippen LogP) is 21.0. The second-order valence-electron chi connectivity index (χ2n) is 24.3. The topological polar surface area (TPSA) is 33.5 Å². The zero-order valence-corrected chi connectivity index (χ0v) is 50.8. The van der Waals surface area contributed by atoms with Crippen molar-refractivity contribution < 1.29 is 43.4 Å². The first kappa shape index (κ1) is 57.6. The van der Waals surface area contributed by atoms with Gasteiger partial charge in [-0.25, -0.2) is 22.5 Å². The fourth-order valence-corrected chi connectivity index (χ4v) is 11.6. The molecule has 0 amide bonds. The molecule has 12 rings (SSSR count). The van der Waals surface area contributed by atoms with Crippen molar-refractivity contribution in [3.8, 4) is 61.8 Å². The summed E-state index contributed by atoms with van der Waals surface area (Å²) in [4.78, 5) is 8.88. The van der Waals surface area contributed by atoms with Crippen molar-refractivity contribution in [3.05, 3.63) is 246 Å². The van der Waals surface area contributed by atoms with E-state index in [1.165, 1.54) is 24.3 Å². The van der Waals surface area contributed by atoms with Gasteiger partial charge in [0.2, 0.25) is 0 Å². The van der Waals surface area contributed by atoms with Crippen molar-refractivity contribution in [2.24, 2.45) is 0 Å². The number of hydrogen-bond donors (Lipinski definition) is 0. The minimum absolute atomic E-state index is 0. The van der Waals surface area contributed by atoms with E-state index in [9.17, 15) is 0 Å². The summed E-state index contributed by atoms with van der Waals surface area (Å²) in [6.07, 6.45) is 1.86. The number of para-hydroxylation sites is 3. The van der Waals surface area contributed by atoms with E-state index in [1.807, 2.05) is 104 Å². The third kappa shape index (κ3) is 11.0. The molecule has 0 N–H and O–H groups in total. The van der Waals surface area contributed by atoms with Crippen LogP contribution in [-0.4, -0.2) is 9.55 Å². The van der Waals surface area contributed by atoms with Gasteiger partial charge in [-0.05, 0) is 145 Å². The van der Waals surface area contributed by atoms with Crippen molar-refractivity contribution in [3.63, 3.8) is 0 Å². The Bertz CT molecular complexity index is 4180. The zero-order chi connectivity index (χ0) is 58.2. The van der Waals surface area contributed by atoms with Gasteiger partial charge in [-0.1, -0.05) is 148 Å². The van der Waals surface area contributed by atoms with Gasteiger partial charge < -0.3 is 19.1 Å². The van der Waals surface area contributed by atoms with Crippen molar-refractivity contribution in [2.75, 3.05) is 9.80 Å². The second kappa shape index (κ2) is 22.4. The minimum atomic E-state index is -0.764. The Morgan fingerprint density at radius 3 is 1.63 bits per heavy atom. The van der Waals surface area contributed by atoms with Crippen LogP contribution in [0, 0.1) is 42.1 Å². The van der Waals surface area contributed by atoms with E-state index in [0.717, 1.165) is 90.0 Å². The van der Waals surface area contributed by atoms with E-state index in [2.05, 4.69) is 144 Å². The smallest absolute Gasteiger partial charge is 0.135 e. The number of aromatic nitrogens is 2. The third-order valence-corrected chi connectivity index (χ3v) is 15.7. The molecule has 0 radical (unpaired) electrons. The molecule has 426 valence electrons. The standard InChI is InChI=1S/C74H63F4N4O.Pt/c1-44(2)62-34-47(46-18-12-11-13-19-46)35-63(45(3)4)71(62)50-32-57(41-59(33-50)83-58-24-25-61-60-20-14-15-21-66(60)82(69(61)42-58)70-38-51(26-27-79-70)73(5,6)7)80-43-81(68-23-17-16-22-67(68)80)72-64(48-28-53(75)39-54(76)29-48)36-52(74(8,9)10)37-65(72)49-30-55(77)40-56(78)31-49;/h11-40,43-45H,1-10H3;/q-3;. The van der Waals surface area contributed by atoms with Gasteiger partial charge in [0.05, 0.1) is 0 Å². The maximum absolute atomic E-state index is 15.5. The van der Waals surface area contributed by atoms with Crippen molar-refractivity contribution in [1.29, 1.82) is 0 Å². The molecule has 11 aromatic rings. The summed E-state index contributed by atoms with van der Waals surface area (Å²) in [5.41, 5.74) is 13.6. The molecule has 0 atom stereocenters. The number of anilines is 4. The van der Waals surface area contributed by atoms with Gasteiger partial charge in [-0.3, -0.25) is 0 Å². The number of halogens is 4. The Morgan fingerprint density at radius 2 is 1.05 bits per heavy atom. The molecule has 0 saturated carbocycles. The Labute approximate surface area is 504 Å². The molecule has 0 unspecified atom stereocenters.